The number of likely N-dealkylation sites (tertiary alicyclic amines) is 1. The Morgan fingerprint density at radius 1 is 1.12 bits per heavy atom. The number of ether oxygens (including phenoxy) is 3. The van der Waals surface area contributed by atoms with Crippen molar-refractivity contribution in [3.05, 3.63) is 42.4 Å². The Bertz CT molecular complexity index is 1560. The van der Waals surface area contributed by atoms with Gasteiger partial charge in [-0.3, -0.25) is 10.00 Å². The van der Waals surface area contributed by atoms with Crippen LogP contribution in [0.25, 0.3) is 11.2 Å². The first-order chi connectivity index (χ1) is 19.7. The van der Waals surface area contributed by atoms with E-state index in [1.165, 1.54) is 0 Å². The highest BCUT2D eigenvalue weighted by Crippen LogP contribution is 2.32. The van der Waals surface area contributed by atoms with E-state index < -0.39 is 0 Å². The number of fused-ring (bicyclic) bond motifs is 1. The monoisotopic (exact) mass is 561 g/mol. The first-order valence-electron chi connectivity index (χ1n) is 13.7. The maximum atomic E-state index is 12.4. The van der Waals surface area contributed by atoms with Crippen LogP contribution in [0.2, 0.25) is 0 Å². The van der Waals surface area contributed by atoms with E-state index >= 15 is 0 Å². The lowest BCUT2D eigenvalue weighted by molar-refractivity contribution is -0.00467. The van der Waals surface area contributed by atoms with Gasteiger partial charge in [0.15, 0.2) is 11.5 Å². The third-order valence-corrected chi connectivity index (χ3v) is 7.38. The molecule has 2 aliphatic rings. The lowest BCUT2D eigenvalue weighted by Crippen LogP contribution is -2.55. The quantitative estimate of drug-likeness (QED) is 0.340. The van der Waals surface area contributed by atoms with E-state index in [-0.39, 0.29) is 23.6 Å². The second kappa shape index (κ2) is 10.6. The lowest BCUT2D eigenvalue weighted by atomic mass is 9.91. The molecular formula is C28H35N9O4. The molecule has 2 amide bonds. The molecule has 216 valence electrons. The summed E-state index contributed by atoms with van der Waals surface area (Å²) in [6.07, 6.45) is 4.23. The van der Waals surface area contributed by atoms with Gasteiger partial charge in [0.2, 0.25) is 5.95 Å². The molecule has 13 heteroatoms. The number of urea groups is 1. The number of pyridine rings is 2. The molecule has 4 aromatic rings. The van der Waals surface area contributed by atoms with Crippen LogP contribution < -0.4 is 15.4 Å². The predicted octanol–water partition coefficient (Wildman–Crippen LogP) is 4.22. The first-order valence-corrected chi connectivity index (χ1v) is 13.7. The summed E-state index contributed by atoms with van der Waals surface area (Å²) in [6, 6.07) is 7.35. The summed E-state index contributed by atoms with van der Waals surface area (Å²) in [5.41, 5.74) is 2.43. The molecule has 2 N–H and O–H groups in total. The van der Waals surface area contributed by atoms with E-state index in [2.05, 4.69) is 57.1 Å². The zero-order valence-electron chi connectivity index (χ0n) is 23.9. The number of methoxy groups -OCH3 is 1. The number of carbonyl (C=O) groups excluding carboxylic acids is 1. The number of anilines is 3. The Hall–Kier alpha value is -4.23. The Kier molecular flexibility index (Phi) is 6.99. The molecule has 0 spiro atoms. The summed E-state index contributed by atoms with van der Waals surface area (Å²) in [6.45, 7) is 9.08. The molecule has 0 bridgehead atoms. The standard InChI is InChI=1S/C28H35N9O4/c1-28(2,3)22-12-24(34-37(22)17-7-9-40-16-17)31-26-33-25-21(35(26)4)10-19(13-30-25)41-18-6-8-29-23(11-18)32-27(38)36-14-20(15-36)39-5/h6,8,10-13,17,20H,7,9,14-16H2,1-5H3,(H,29,32,38)(H,30,31,33,34)/t17-/m1/s1. The number of aryl methyl sites for hydroxylation is 1. The fraction of sp³-hybridized carbons (Fsp3) is 0.464. The van der Waals surface area contributed by atoms with Crippen molar-refractivity contribution >= 4 is 34.8 Å². The summed E-state index contributed by atoms with van der Waals surface area (Å²) >= 11 is 0. The van der Waals surface area contributed by atoms with Gasteiger partial charge < -0.3 is 29.0 Å². The topological polar surface area (TPSA) is 133 Å². The van der Waals surface area contributed by atoms with Gasteiger partial charge in [0.05, 0.1) is 43.6 Å². The third-order valence-electron chi connectivity index (χ3n) is 7.38. The number of carbonyl (C=O) groups is 1. The molecule has 1 atom stereocenters. The molecule has 0 unspecified atom stereocenters. The van der Waals surface area contributed by atoms with Crippen molar-refractivity contribution in [2.24, 2.45) is 7.05 Å². The van der Waals surface area contributed by atoms with Crippen LogP contribution in [0.1, 0.15) is 38.9 Å². The summed E-state index contributed by atoms with van der Waals surface area (Å²) in [7, 11) is 3.56. The molecule has 2 aliphatic heterocycles. The van der Waals surface area contributed by atoms with Crippen molar-refractivity contribution in [3.63, 3.8) is 0 Å². The molecule has 0 aromatic carbocycles. The van der Waals surface area contributed by atoms with Crippen LogP contribution in [0, 0.1) is 0 Å². The third kappa shape index (κ3) is 5.55. The summed E-state index contributed by atoms with van der Waals surface area (Å²) in [5.74, 6) is 2.79. The van der Waals surface area contributed by atoms with Crippen molar-refractivity contribution in [3.8, 4) is 11.5 Å². The molecule has 0 radical (unpaired) electrons. The van der Waals surface area contributed by atoms with Gasteiger partial charge in [-0.25, -0.2) is 14.8 Å². The Labute approximate surface area is 237 Å². The number of hydrogen-bond acceptors (Lipinski definition) is 9. The van der Waals surface area contributed by atoms with Gasteiger partial charge in [-0.15, -0.1) is 0 Å². The van der Waals surface area contributed by atoms with Crippen LogP contribution in [0.4, 0.5) is 22.4 Å². The minimum absolute atomic E-state index is 0.0761. The fourth-order valence-corrected chi connectivity index (χ4v) is 4.96. The molecule has 6 rings (SSSR count). The average Bonchev–Trinajstić information content (AvgIpc) is 3.64. The number of amides is 2. The van der Waals surface area contributed by atoms with Gasteiger partial charge in [-0.05, 0) is 12.5 Å². The average molecular weight is 562 g/mol. The SMILES string of the molecule is COC1CN(C(=O)Nc2cc(Oc3cnc4nc(Nc5cc(C(C)(C)C)n([C@@H]6CCOC6)n5)n(C)c4c3)ccn2)C1. The molecule has 6 heterocycles. The van der Waals surface area contributed by atoms with E-state index in [1.807, 2.05) is 17.7 Å². The minimum Gasteiger partial charge on any atom is -0.455 e. The molecule has 4 aromatic heterocycles. The number of nitrogens with zero attached hydrogens (tertiary/aromatic N) is 7. The maximum Gasteiger partial charge on any atom is 0.323 e. The second-order valence-corrected chi connectivity index (χ2v) is 11.4. The smallest absolute Gasteiger partial charge is 0.323 e. The van der Waals surface area contributed by atoms with Crippen molar-refractivity contribution < 1.29 is 19.0 Å². The molecule has 2 fully saturated rings. The summed E-state index contributed by atoms with van der Waals surface area (Å²) in [4.78, 5) is 27.5. The van der Waals surface area contributed by atoms with Crippen molar-refractivity contribution in [2.45, 2.75) is 44.8 Å². The molecule has 41 heavy (non-hydrogen) atoms. The highest BCUT2D eigenvalue weighted by molar-refractivity contribution is 5.89. The fourth-order valence-electron chi connectivity index (χ4n) is 4.96. The zero-order chi connectivity index (χ0) is 28.7. The first kappa shape index (κ1) is 27.0. The molecule has 0 aliphatic carbocycles. The number of aromatic nitrogens is 6. The van der Waals surface area contributed by atoms with Crippen LogP contribution in [0.5, 0.6) is 11.5 Å². The molecule has 0 saturated carbocycles. The van der Waals surface area contributed by atoms with E-state index in [1.54, 1.807) is 36.5 Å². The van der Waals surface area contributed by atoms with E-state index in [0.717, 1.165) is 30.1 Å². The van der Waals surface area contributed by atoms with Crippen LogP contribution in [-0.2, 0) is 21.9 Å². The predicted molar refractivity (Wildman–Crippen MR) is 153 cm³/mol. The van der Waals surface area contributed by atoms with Gasteiger partial charge >= 0.3 is 6.03 Å². The second-order valence-electron chi connectivity index (χ2n) is 11.4. The number of nitrogens with one attached hydrogen (secondary N) is 2. The van der Waals surface area contributed by atoms with Crippen LogP contribution >= 0.6 is 0 Å². The highest BCUT2D eigenvalue weighted by atomic mass is 16.5. The largest absolute Gasteiger partial charge is 0.455 e. The Morgan fingerprint density at radius 2 is 1.95 bits per heavy atom. The van der Waals surface area contributed by atoms with Gasteiger partial charge in [0.1, 0.15) is 17.3 Å². The summed E-state index contributed by atoms with van der Waals surface area (Å²) in [5, 5.41) is 11.1. The van der Waals surface area contributed by atoms with Crippen LogP contribution in [0.3, 0.4) is 0 Å². The molecule has 13 nitrogen and oxygen atoms in total. The van der Waals surface area contributed by atoms with Crippen molar-refractivity contribution in [2.75, 3.05) is 44.0 Å². The minimum atomic E-state index is -0.225. The van der Waals surface area contributed by atoms with Crippen molar-refractivity contribution in [1.29, 1.82) is 0 Å². The summed E-state index contributed by atoms with van der Waals surface area (Å²) < 4.78 is 20.9. The zero-order valence-corrected chi connectivity index (χ0v) is 23.9. The molecular weight excluding hydrogens is 526 g/mol. The Morgan fingerprint density at radius 3 is 2.68 bits per heavy atom. The van der Waals surface area contributed by atoms with Gasteiger partial charge in [-0.2, -0.15) is 10.1 Å². The van der Waals surface area contributed by atoms with Crippen LogP contribution in [0.15, 0.2) is 36.7 Å². The number of hydrogen-bond donors (Lipinski definition) is 2. The van der Waals surface area contributed by atoms with Crippen molar-refractivity contribution in [1.82, 2.24) is 34.2 Å². The van der Waals surface area contributed by atoms with Gasteiger partial charge in [-0.1, -0.05) is 20.8 Å². The number of rotatable bonds is 7. The number of imidazole rings is 1. The van der Waals surface area contributed by atoms with Gasteiger partial charge in [0.25, 0.3) is 0 Å². The highest BCUT2D eigenvalue weighted by Gasteiger charge is 2.31. The van der Waals surface area contributed by atoms with E-state index in [0.29, 0.717) is 48.6 Å². The van der Waals surface area contributed by atoms with E-state index in [4.69, 9.17) is 19.3 Å². The lowest BCUT2D eigenvalue weighted by Gasteiger charge is -2.37. The Balaban J connectivity index is 1.18. The van der Waals surface area contributed by atoms with Crippen LogP contribution in [-0.4, -0.2) is 79.7 Å². The molecule has 2 saturated heterocycles. The van der Waals surface area contributed by atoms with Gasteiger partial charge in [0, 0.05) is 56.3 Å². The maximum absolute atomic E-state index is 12.4. The normalized spacial score (nSPS) is 17.6. The van der Waals surface area contributed by atoms with E-state index in [9.17, 15) is 4.79 Å².